The molecule has 184 valence electrons. The standard InChI is InChI=1S/C29H32Cl2N2O2/c1-2-3-19-32-29(35)27(20-22-9-5-4-6-10-22)33(21-23-13-16-25(30)17-14-23)28(34)18-15-24-11-7-8-12-26(24)31/h4-14,16-17,27H,2-3,15,18-21H2,1H3,(H,32,35)/t27-/m1/s1. The summed E-state index contributed by atoms with van der Waals surface area (Å²) >= 11 is 12.4. The highest BCUT2D eigenvalue weighted by Crippen LogP contribution is 2.20. The molecule has 1 atom stereocenters. The van der Waals surface area contributed by atoms with E-state index >= 15 is 0 Å². The number of hydrogen-bond donors (Lipinski definition) is 1. The molecular formula is C29H32Cl2N2O2. The van der Waals surface area contributed by atoms with Crippen LogP contribution in [0.5, 0.6) is 0 Å². The van der Waals surface area contributed by atoms with Gasteiger partial charge in [-0.25, -0.2) is 0 Å². The van der Waals surface area contributed by atoms with Crippen LogP contribution in [0.4, 0.5) is 0 Å². The lowest BCUT2D eigenvalue weighted by atomic mass is 10.0. The van der Waals surface area contributed by atoms with Crippen LogP contribution in [0.1, 0.15) is 42.9 Å². The molecule has 2 amide bonds. The van der Waals surface area contributed by atoms with Gasteiger partial charge in [0.15, 0.2) is 0 Å². The van der Waals surface area contributed by atoms with Gasteiger partial charge in [0.05, 0.1) is 0 Å². The highest BCUT2D eigenvalue weighted by molar-refractivity contribution is 6.31. The average molecular weight is 511 g/mol. The molecule has 0 aliphatic carbocycles. The second-order valence-electron chi connectivity index (χ2n) is 8.59. The summed E-state index contributed by atoms with van der Waals surface area (Å²) in [6, 6.07) is 24.1. The Kier molecular flexibility index (Phi) is 10.6. The maximum absolute atomic E-state index is 13.6. The zero-order chi connectivity index (χ0) is 25.0. The summed E-state index contributed by atoms with van der Waals surface area (Å²) in [6.45, 7) is 2.99. The normalized spacial score (nSPS) is 11.6. The van der Waals surface area contributed by atoms with Crippen LogP contribution in [-0.4, -0.2) is 29.3 Å². The molecule has 0 heterocycles. The predicted molar refractivity (Wildman–Crippen MR) is 144 cm³/mol. The van der Waals surface area contributed by atoms with E-state index < -0.39 is 6.04 Å². The van der Waals surface area contributed by atoms with Crippen molar-refractivity contribution < 1.29 is 9.59 Å². The summed E-state index contributed by atoms with van der Waals surface area (Å²) in [5.74, 6) is -0.228. The number of benzene rings is 3. The number of rotatable bonds is 12. The van der Waals surface area contributed by atoms with Crippen molar-refractivity contribution in [2.45, 2.75) is 51.6 Å². The summed E-state index contributed by atoms with van der Waals surface area (Å²) in [6.07, 6.45) is 3.07. The Morgan fingerprint density at radius 1 is 0.886 bits per heavy atom. The van der Waals surface area contributed by atoms with Crippen LogP contribution in [0.15, 0.2) is 78.9 Å². The molecule has 4 nitrogen and oxygen atoms in total. The van der Waals surface area contributed by atoms with Crippen molar-refractivity contribution in [2.75, 3.05) is 6.54 Å². The van der Waals surface area contributed by atoms with E-state index in [0.29, 0.717) is 36.0 Å². The SMILES string of the molecule is CCCCNC(=O)[C@@H](Cc1ccccc1)N(Cc1ccc(Cl)cc1)C(=O)CCc1ccccc1Cl. The molecule has 0 aliphatic heterocycles. The van der Waals surface area contributed by atoms with Gasteiger partial charge in [-0.3, -0.25) is 9.59 Å². The molecule has 0 aromatic heterocycles. The number of carbonyl (C=O) groups excluding carboxylic acids is 2. The molecule has 3 aromatic rings. The Labute approximate surface area is 218 Å². The first kappa shape index (κ1) is 26.8. The van der Waals surface area contributed by atoms with Crippen molar-refractivity contribution in [3.63, 3.8) is 0 Å². The molecule has 0 spiro atoms. The monoisotopic (exact) mass is 510 g/mol. The number of unbranched alkanes of at least 4 members (excludes halogenated alkanes) is 1. The van der Waals surface area contributed by atoms with Crippen LogP contribution >= 0.6 is 23.2 Å². The lowest BCUT2D eigenvalue weighted by Crippen LogP contribution is -2.50. The Bertz CT molecular complexity index is 1090. The van der Waals surface area contributed by atoms with Crippen LogP contribution < -0.4 is 5.32 Å². The van der Waals surface area contributed by atoms with E-state index in [-0.39, 0.29) is 18.2 Å². The van der Waals surface area contributed by atoms with Crippen molar-refractivity contribution in [3.8, 4) is 0 Å². The highest BCUT2D eigenvalue weighted by Gasteiger charge is 2.30. The molecule has 0 radical (unpaired) electrons. The van der Waals surface area contributed by atoms with Gasteiger partial charge in [-0.15, -0.1) is 0 Å². The first-order valence-electron chi connectivity index (χ1n) is 12.1. The van der Waals surface area contributed by atoms with Gasteiger partial charge in [-0.1, -0.05) is 97.2 Å². The molecule has 3 rings (SSSR count). The fraction of sp³-hybridized carbons (Fsp3) is 0.310. The Balaban J connectivity index is 1.88. The van der Waals surface area contributed by atoms with Crippen molar-refractivity contribution in [1.29, 1.82) is 0 Å². The summed E-state index contributed by atoms with van der Waals surface area (Å²) in [5, 5.41) is 4.31. The fourth-order valence-corrected chi connectivity index (χ4v) is 4.29. The largest absolute Gasteiger partial charge is 0.354 e. The number of nitrogens with one attached hydrogen (secondary N) is 1. The Hall–Kier alpha value is -2.82. The maximum atomic E-state index is 13.6. The van der Waals surface area contributed by atoms with E-state index in [2.05, 4.69) is 12.2 Å². The quantitative estimate of drug-likeness (QED) is 0.283. The van der Waals surface area contributed by atoms with Gasteiger partial charge in [0, 0.05) is 36.0 Å². The van der Waals surface area contributed by atoms with Crippen molar-refractivity contribution in [3.05, 3.63) is 106 Å². The second kappa shape index (κ2) is 13.9. The molecule has 0 saturated carbocycles. The van der Waals surface area contributed by atoms with Crippen LogP contribution in [0, 0.1) is 0 Å². The van der Waals surface area contributed by atoms with Gasteiger partial charge in [-0.05, 0) is 47.7 Å². The van der Waals surface area contributed by atoms with Crippen molar-refractivity contribution in [2.24, 2.45) is 0 Å². The second-order valence-corrected chi connectivity index (χ2v) is 9.43. The third kappa shape index (κ3) is 8.41. The predicted octanol–water partition coefficient (Wildman–Crippen LogP) is 6.48. The molecule has 0 fully saturated rings. The zero-order valence-electron chi connectivity index (χ0n) is 20.1. The molecule has 0 saturated heterocycles. The molecule has 0 bridgehead atoms. The van der Waals surface area contributed by atoms with Crippen molar-refractivity contribution >= 4 is 35.0 Å². The summed E-state index contributed by atoms with van der Waals surface area (Å²) in [7, 11) is 0. The van der Waals surface area contributed by atoms with E-state index in [1.165, 1.54) is 0 Å². The van der Waals surface area contributed by atoms with Crippen LogP contribution in [0.2, 0.25) is 10.0 Å². The van der Waals surface area contributed by atoms with Gasteiger partial charge in [0.25, 0.3) is 0 Å². The van der Waals surface area contributed by atoms with E-state index in [4.69, 9.17) is 23.2 Å². The van der Waals surface area contributed by atoms with Gasteiger partial charge < -0.3 is 10.2 Å². The first-order chi connectivity index (χ1) is 17.0. The Morgan fingerprint density at radius 3 is 2.26 bits per heavy atom. The first-order valence-corrected chi connectivity index (χ1v) is 12.8. The Morgan fingerprint density at radius 2 is 1.57 bits per heavy atom. The highest BCUT2D eigenvalue weighted by atomic mass is 35.5. The number of carbonyl (C=O) groups is 2. The van der Waals surface area contributed by atoms with Gasteiger partial charge in [0.2, 0.25) is 11.8 Å². The van der Waals surface area contributed by atoms with Crippen LogP contribution in [0.25, 0.3) is 0 Å². The number of aryl methyl sites for hydroxylation is 1. The number of amides is 2. The third-order valence-electron chi connectivity index (χ3n) is 5.93. The van der Waals surface area contributed by atoms with Crippen LogP contribution in [-0.2, 0) is 29.0 Å². The maximum Gasteiger partial charge on any atom is 0.243 e. The third-order valence-corrected chi connectivity index (χ3v) is 6.55. The summed E-state index contributed by atoms with van der Waals surface area (Å²) in [4.78, 5) is 28.7. The lowest BCUT2D eigenvalue weighted by molar-refractivity contribution is -0.141. The molecule has 35 heavy (non-hydrogen) atoms. The molecular weight excluding hydrogens is 479 g/mol. The number of hydrogen-bond acceptors (Lipinski definition) is 2. The van der Waals surface area contributed by atoms with Crippen molar-refractivity contribution in [1.82, 2.24) is 10.2 Å². The van der Waals surface area contributed by atoms with E-state index in [1.807, 2.05) is 66.7 Å². The molecule has 0 unspecified atom stereocenters. The minimum atomic E-state index is -0.635. The zero-order valence-corrected chi connectivity index (χ0v) is 21.6. The fourth-order valence-electron chi connectivity index (χ4n) is 3.93. The topological polar surface area (TPSA) is 49.4 Å². The van der Waals surface area contributed by atoms with E-state index in [1.54, 1.807) is 17.0 Å². The summed E-state index contributed by atoms with van der Waals surface area (Å²) < 4.78 is 0. The number of nitrogens with zero attached hydrogens (tertiary/aromatic N) is 1. The smallest absolute Gasteiger partial charge is 0.243 e. The molecule has 3 aromatic carbocycles. The molecule has 1 N–H and O–H groups in total. The van der Waals surface area contributed by atoms with Crippen LogP contribution in [0.3, 0.4) is 0 Å². The van der Waals surface area contributed by atoms with Gasteiger partial charge in [-0.2, -0.15) is 0 Å². The minimum Gasteiger partial charge on any atom is -0.354 e. The van der Waals surface area contributed by atoms with E-state index in [0.717, 1.165) is 29.5 Å². The average Bonchev–Trinajstić information content (AvgIpc) is 2.87. The van der Waals surface area contributed by atoms with Gasteiger partial charge >= 0.3 is 0 Å². The lowest BCUT2D eigenvalue weighted by Gasteiger charge is -2.32. The molecule has 6 heteroatoms. The number of halogens is 2. The minimum absolute atomic E-state index is 0.0913. The van der Waals surface area contributed by atoms with Gasteiger partial charge in [0.1, 0.15) is 6.04 Å². The summed E-state index contributed by atoms with van der Waals surface area (Å²) in [5.41, 5.74) is 2.84. The molecule has 0 aliphatic rings. The van der Waals surface area contributed by atoms with E-state index in [9.17, 15) is 9.59 Å².